The van der Waals surface area contributed by atoms with E-state index in [1.54, 1.807) is 12.4 Å². The second-order valence-electron chi connectivity index (χ2n) is 7.19. The highest BCUT2D eigenvalue weighted by Crippen LogP contribution is 2.33. The Balaban J connectivity index is 1.57. The molecule has 2 aromatic carbocycles. The summed E-state index contributed by atoms with van der Waals surface area (Å²) < 4.78 is 0. The maximum Gasteiger partial charge on any atom is 0.224 e. The van der Waals surface area contributed by atoms with Crippen LogP contribution in [0, 0.1) is 0 Å². The minimum atomic E-state index is 0.0820. The van der Waals surface area contributed by atoms with Gasteiger partial charge >= 0.3 is 0 Å². The summed E-state index contributed by atoms with van der Waals surface area (Å²) in [6.07, 6.45) is 6.30. The first-order valence-corrected chi connectivity index (χ1v) is 9.59. The SMILES string of the molecule is O=C(CC(c1ccccc1)c1ccccc1)N(Cc1ccncc1)C1CC1. The first kappa shape index (κ1) is 17.5. The summed E-state index contributed by atoms with van der Waals surface area (Å²) in [5, 5.41) is 0. The zero-order chi connectivity index (χ0) is 18.5. The number of rotatable bonds is 7. The summed E-state index contributed by atoms with van der Waals surface area (Å²) in [6.45, 7) is 0.669. The number of nitrogens with zero attached hydrogens (tertiary/aromatic N) is 2. The molecule has 3 heteroatoms. The van der Waals surface area contributed by atoms with Crippen LogP contribution in [0.25, 0.3) is 0 Å². The summed E-state index contributed by atoms with van der Waals surface area (Å²) in [7, 11) is 0. The van der Waals surface area contributed by atoms with Crippen LogP contribution in [0.3, 0.4) is 0 Å². The summed E-state index contributed by atoms with van der Waals surface area (Å²) in [5.74, 6) is 0.311. The summed E-state index contributed by atoms with van der Waals surface area (Å²) in [6, 6.07) is 25.1. The Bertz CT molecular complexity index is 821. The number of carbonyl (C=O) groups is 1. The quantitative estimate of drug-likeness (QED) is 0.609. The molecule has 0 N–H and O–H groups in total. The van der Waals surface area contributed by atoms with E-state index in [0.717, 1.165) is 18.4 Å². The van der Waals surface area contributed by atoms with Gasteiger partial charge in [-0.25, -0.2) is 0 Å². The highest BCUT2D eigenvalue weighted by Gasteiger charge is 2.33. The first-order valence-electron chi connectivity index (χ1n) is 9.59. The standard InChI is InChI=1S/C24H24N2O/c27-24(26(22-11-12-22)18-19-13-15-25-16-14-19)17-23(20-7-3-1-4-8-20)21-9-5-2-6-10-21/h1-10,13-16,22-23H,11-12,17-18H2. The highest BCUT2D eigenvalue weighted by atomic mass is 16.2. The third-order valence-corrected chi connectivity index (χ3v) is 5.19. The van der Waals surface area contributed by atoms with E-state index in [1.807, 2.05) is 48.5 Å². The molecule has 27 heavy (non-hydrogen) atoms. The zero-order valence-corrected chi connectivity index (χ0v) is 15.4. The van der Waals surface area contributed by atoms with Crippen LogP contribution in [0.5, 0.6) is 0 Å². The average Bonchev–Trinajstić information content (AvgIpc) is 3.57. The third kappa shape index (κ3) is 4.43. The van der Waals surface area contributed by atoms with Gasteiger partial charge in [0.2, 0.25) is 5.91 Å². The molecule has 1 amide bonds. The van der Waals surface area contributed by atoms with Gasteiger partial charge in [0, 0.05) is 37.3 Å². The molecule has 0 radical (unpaired) electrons. The van der Waals surface area contributed by atoms with Gasteiger partial charge in [0.1, 0.15) is 0 Å². The third-order valence-electron chi connectivity index (χ3n) is 5.19. The molecule has 1 fully saturated rings. The lowest BCUT2D eigenvalue weighted by Gasteiger charge is -2.26. The number of aromatic nitrogens is 1. The molecule has 0 aliphatic heterocycles. The molecular weight excluding hydrogens is 332 g/mol. The molecule has 1 aliphatic rings. The predicted molar refractivity (Wildman–Crippen MR) is 107 cm³/mol. The Labute approximate surface area is 160 Å². The molecule has 0 unspecified atom stereocenters. The average molecular weight is 356 g/mol. The van der Waals surface area contributed by atoms with Crippen LogP contribution in [0.15, 0.2) is 85.2 Å². The Kier molecular flexibility index (Phi) is 5.29. The molecular formula is C24H24N2O. The van der Waals surface area contributed by atoms with Gasteiger partial charge in [-0.05, 0) is 41.7 Å². The van der Waals surface area contributed by atoms with Crippen molar-refractivity contribution >= 4 is 5.91 Å². The normalized spacial score (nSPS) is 13.5. The number of carbonyl (C=O) groups excluding carboxylic acids is 1. The lowest BCUT2D eigenvalue weighted by molar-refractivity contribution is -0.132. The Morgan fingerprint density at radius 1 is 0.889 bits per heavy atom. The Morgan fingerprint density at radius 3 is 1.96 bits per heavy atom. The highest BCUT2D eigenvalue weighted by molar-refractivity contribution is 5.78. The van der Waals surface area contributed by atoms with Crippen LogP contribution < -0.4 is 0 Å². The van der Waals surface area contributed by atoms with Crippen LogP contribution in [0.1, 0.15) is 41.9 Å². The van der Waals surface area contributed by atoms with E-state index in [0.29, 0.717) is 19.0 Å². The topological polar surface area (TPSA) is 33.2 Å². The van der Waals surface area contributed by atoms with Crippen molar-refractivity contribution in [1.82, 2.24) is 9.88 Å². The fourth-order valence-corrected chi connectivity index (χ4v) is 3.58. The number of hydrogen-bond donors (Lipinski definition) is 0. The molecule has 136 valence electrons. The molecule has 1 heterocycles. The molecule has 4 rings (SSSR count). The van der Waals surface area contributed by atoms with Crippen molar-refractivity contribution in [3.8, 4) is 0 Å². The van der Waals surface area contributed by atoms with Gasteiger partial charge in [-0.3, -0.25) is 9.78 Å². The number of amides is 1. The van der Waals surface area contributed by atoms with E-state index in [1.165, 1.54) is 11.1 Å². The van der Waals surface area contributed by atoms with Gasteiger partial charge in [0.15, 0.2) is 0 Å². The van der Waals surface area contributed by atoms with Crippen molar-refractivity contribution in [2.24, 2.45) is 0 Å². The van der Waals surface area contributed by atoms with Crippen LogP contribution in [0.2, 0.25) is 0 Å². The van der Waals surface area contributed by atoms with Crippen molar-refractivity contribution in [3.63, 3.8) is 0 Å². The Hall–Kier alpha value is -2.94. The van der Waals surface area contributed by atoms with Gasteiger partial charge in [-0.2, -0.15) is 0 Å². The minimum Gasteiger partial charge on any atom is -0.335 e. The summed E-state index contributed by atoms with van der Waals surface area (Å²) >= 11 is 0. The molecule has 0 atom stereocenters. The lowest BCUT2D eigenvalue weighted by atomic mass is 9.88. The molecule has 0 saturated heterocycles. The van der Waals surface area contributed by atoms with E-state index in [-0.39, 0.29) is 11.8 Å². The van der Waals surface area contributed by atoms with Crippen molar-refractivity contribution in [2.75, 3.05) is 0 Å². The molecule has 1 aliphatic carbocycles. The van der Waals surface area contributed by atoms with Crippen molar-refractivity contribution < 1.29 is 4.79 Å². The zero-order valence-electron chi connectivity index (χ0n) is 15.4. The van der Waals surface area contributed by atoms with Gasteiger partial charge in [-0.15, -0.1) is 0 Å². The number of hydrogen-bond acceptors (Lipinski definition) is 2. The fourth-order valence-electron chi connectivity index (χ4n) is 3.58. The summed E-state index contributed by atoms with van der Waals surface area (Å²) in [4.78, 5) is 19.4. The monoisotopic (exact) mass is 356 g/mol. The van der Waals surface area contributed by atoms with E-state index >= 15 is 0 Å². The van der Waals surface area contributed by atoms with Crippen LogP contribution >= 0.6 is 0 Å². The molecule has 1 aromatic heterocycles. The van der Waals surface area contributed by atoms with Gasteiger partial charge < -0.3 is 4.90 Å². The minimum absolute atomic E-state index is 0.0820. The van der Waals surface area contributed by atoms with Crippen molar-refractivity contribution in [3.05, 3.63) is 102 Å². The van der Waals surface area contributed by atoms with Crippen LogP contribution in [0.4, 0.5) is 0 Å². The maximum absolute atomic E-state index is 13.3. The van der Waals surface area contributed by atoms with E-state index in [2.05, 4.69) is 34.1 Å². The smallest absolute Gasteiger partial charge is 0.224 e. The number of benzene rings is 2. The van der Waals surface area contributed by atoms with E-state index < -0.39 is 0 Å². The van der Waals surface area contributed by atoms with Gasteiger partial charge in [0.05, 0.1) is 0 Å². The van der Waals surface area contributed by atoms with E-state index in [4.69, 9.17) is 0 Å². The molecule has 0 bridgehead atoms. The summed E-state index contributed by atoms with van der Waals surface area (Å²) in [5.41, 5.74) is 3.52. The predicted octanol–water partition coefficient (Wildman–Crippen LogP) is 4.79. The van der Waals surface area contributed by atoms with Crippen molar-refractivity contribution in [1.29, 1.82) is 0 Å². The van der Waals surface area contributed by atoms with Crippen molar-refractivity contribution in [2.45, 2.75) is 37.8 Å². The van der Waals surface area contributed by atoms with E-state index in [9.17, 15) is 4.79 Å². The lowest BCUT2D eigenvalue weighted by Crippen LogP contribution is -2.33. The van der Waals surface area contributed by atoms with Crippen LogP contribution in [-0.2, 0) is 11.3 Å². The molecule has 1 saturated carbocycles. The molecule has 0 spiro atoms. The first-order chi connectivity index (χ1) is 13.3. The van der Waals surface area contributed by atoms with Gasteiger partial charge in [-0.1, -0.05) is 60.7 Å². The molecule has 3 nitrogen and oxygen atoms in total. The second kappa shape index (κ2) is 8.17. The fraction of sp³-hybridized carbons (Fsp3) is 0.250. The Morgan fingerprint density at radius 2 is 1.44 bits per heavy atom. The largest absolute Gasteiger partial charge is 0.335 e. The maximum atomic E-state index is 13.3. The van der Waals surface area contributed by atoms with Crippen LogP contribution in [-0.4, -0.2) is 21.8 Å². The van der Waals surface area contributed by atoms with Gasteiger partial charge in [0.25, 0.3) is 0 Å². The molecule has 3 aromatic rings. The second-order valence-corrected chi connectivity index (χ2v) is 7.19. The number of pyridine rings is 1.